The van der Waals surface area contributed by atoms with Crippen molar-refractivity contribution in [1.82, 2.24) is 0 Å². The summed E-state index contributed by atoms with van der Waals surface area (Å²) in [6, 6.07) is 4.88. The van der Waals surface area contributed by atoms with Crippen molar-refractivity contribution < 1.29 is 9.13 Å². The highest BCUT2D eigenvalue weighted by atomic mass is 79.9. The van der Waals surface area contributed by atoms with Gasteiger partial charge in [0.1, 0.15) is 18.2 Å². The van der Waals surface area contributed by atoms with Crippen LogP contribution < -0.4 is 4.74 Å². The fourth-order valence-corrected chi connectivity index (χ4v) is 1.67. The molecule has 1 atom stereocenters. The predicted molar refractivity (Wildman–Crippen MR) is 58.3 cm³/mol. The zero-order valence-electron chi connectivity index (χ0n) is 7.76. The first kappa shape index (κ1) is 9.71. The van der Waals surface area contributed by atoms with Crippen LogP contribution in [0.1, 0.15) is 12.5 Å². The maximum atomic E-state index is 13.4. The third kappa shape index (κ3) is 1.69. The molecule has 1 heterocycles. The van der Waals surface area contributed by atoms with E-state index >= 15 is 0 Å². The van der Waals surface area contributed by atoms with Gasteiger partial charge in [0.15, 0.2) is 0 Å². The molecule has 1 aromatic rings. The van der Waals surface area contributed by atoms with Crippen LogP contribution in [0, 0.1) is 5.82 Å². The number of hydrogen-bond donors (Lipinski definition) is 0. The number of benzene rings is 1. The minimum Gasteiger partial charge on any atom is -0.488 e. The first-order valence-corrected chi connectivity index (χ1v) is 5.36. The Balaban J connectivity index is 2.47. The molecule has 2 rings (SSSR count). The normalized spacial score (nSPS) is 16.6. The largest absolute Gasteiger partial charge is 0.488 e. The summed E-state index contributed by atoms with van der Waals surface area (Å²) in [6.07, 6.45) is 1.85. The highest BCUT2D eigenvalue weighted by molar-refractivity contribution is 9.09. The molecule has 0 amide bonds. The quantitative estimate of drug-likeness (QED) is 0.701. The summed E-state index contributed by atoms with van der Waals surface area (Å²) >= 11 is 3.44. The van der Waals surface area contributed by atoms with Gasteiger partial charge in [-0.2, -0.15) is 0 Å². The second-order valence-electron chi connectivity index (χ2n) is 3.28. The molecule has 0 bridgehead atoms. The molecule has 1 aromatic carbocycles. The number of fused-ring (bicyclic) bond motifs is 1. The molecule has 14 heavy (non-hydrogen) atoms. The van der Waals surface area contributed by atoms with Crippen LogP contribution in [-0.4, -0.2) is 11.4 Å². The Morgan fingerprint density at radius 1 is 1.50 bits per heavy atom. The van der Waals surface area contributed by atoms with Gasteiger partial charge in [0, 0.05) is 4.83 Å². The molecule has 0 N–H and O–H groups in total. The van der Waals surface area contributed by atoms with Crippen molar-refractivity contribution in [2.75, 3.05) is 6.61 Å². The maximum Gasteiger partial charge on any atom is 0.134 e. The third-order valence-electron chi connectivity index (χ3n) is 2.25. The molecular formula is C11H10BrFO. The summed E-state index contributed by atoms with van der Waals surface area (Å²) < 4.78 is 18.8. The highest BCUT2D eigenvalue weighted by Gasteiger charge is 2.16. The summed E-state index contributed by atoms with van der Waals surface area (Å²) in [5.41, 5.74) is 1.61. The molecule has 1 aliphatic rings. The van der Waals surface area contributed by atoms with Crippen LogP contribution in [-0.2, 0) is 0 Å². The molecular weight excluding hydrogens is 247 g/mol. The second kappa shape index (κ2) is 3.73. The summed E-state index contributed by atoms with van der Waals surface area (Å²) in [7, 11) is 0. The molecule has 3 heteroatoms. The lowest BCUT2D eigenvalue weighted by Gasteiger charge is -2.19. The lowest BCUT2D eigenvalue weighted by atomic mass is 10.1. The van der Waals surface area contributed by atoms with Gasteiger partial charge in [-0.25, -0.2) is 4.39 Å². The number of ether oxygens (including phenoxy) is 1. The SMILES string of the molecule is CC(Br)C1=Cc2c(F)cccc2OC1. The van der Waals surface area contributed by atoms with Gasteiger partial charge in [-0.3, -0.25) is 0 Å². The molecule has 0 spiro atoms. The Kier molecular flexibility index (Phi) is 2.59. The monoisotopic (exact) mass is 256 g/mol. The first-order valence-electron chi connectivity index (χ1n) is 4.44. The highest BCUT2D eigenvalue weighted by Crippen LogP contribution is 2.30. The smallest absolute Gasteiger partial charge is 0.134 e. The predicted octanol–water partition coefficient (Wildman–Crippen LogP) is 3.38. The average Bonchev–Trinajstić information content (AvgIpc) is 2.18. The van der Waals surface area contributed by atoms with E-state index in [0.717, 1.165) is 5.57 Å². The van der Waals surface area contributed by atoms with E-state index in [2.05, 4.69) is 15.9 Å². The number of hydrogen-bond acceptors (Lipinski definition) is 1. The zero-order chi connectivity index (χ0) is 10.1. The Bertz CT molecular complexity index is 385. The fourth-order valence-electron chi connectivity index (χ4n) is 1.40. The van der Waals surface area contributed by atoms with Crippen molar-refractivity contribution in [3.8, 4) is 5.75 Å². The van der Waals surface area contributed by atoms with E-state index in [4.69, 9.17) is 4.74 Å². The summed E-state index contributed by atoms with van der Waals surface area (Å²) in [4.78, 5) is 0.218. The molecule has 0 saturated heterocycles. The van der Waals surface area contributed by atoms with E-state index in [1.165, 1.54) is 6.07 Å². The van der Waals surface area contributed by atoms with Gasteiger partial charge in [0.2, 0.25) is 0 Å². The molecule has 0 aliphatic carbocycles. The molecule has 1 unspecified atom stereocenters. The molecule has 74 valence electrons. The van der Waals surface area contributed by atoms with Crippen LogP contribution in [0.15, 0.2) is 23.8 Å². The van der Waals surface area contributed by atoms with E-state index in [1.54, 1.807) is 12.1 Å². The van der Waals surface area contributed by atoms with Gasteiger partial charge in [-0.05, 0) is 30.7 Å². The van der Waals surface area contributed by atoms with Gasteiger partial charge in [0.25, 0.3) is 0 Å². The van der Waals surface area contributed by atoms with Crippen LogP contribution >= 0.6 is 15.9 Å². The number of rotatable bonds is 1. The molecule has 1 nitrogen and oxygen atoms in total. The van der Waals surface area contributed by atoms with Gasteiger partial charge in [-0.15, -0.1) is 0 Å². The molecule has 0 fully saturated rings. The van der Waals surface area contributed by atoms with Crippen molar-refractivity contribution in [2.24, 2.45) is 0 Å². The zero-order valence-corrected chi connectivity index (χ0v) is 9.34. The molecule has 0 aromatic heterocycles. The summed E-state index contributed by atoms with van der Waals surface area (Å²) in [5, 5.41) is 0. The van der Waals surface area contributed by atoms with Gasteiger partial charge in [0.05, 0.1) is 5.56 Å². The van der Waals surface area contributed by atoms with Crippen molar-refractivity contribution in [3.63, 3.8) is 0 Å². The summed E-state index contributed by atoms with van der Waals surface area (Å²) in [6.45, 7) is 2.53. The van der Waals surface area contributed by atoms with Crippen molar-refractivity contribution in [2.45, 2.75) is 11.8 Å². The molecule has 1 aliphatic heterocycles. The number of halogens is 2. The number of alkyl halides is 1. The van der Waals surface area contributed by atoms with Crippen LogP contribution in [0.2, 0.25) is 0 Å². The van der Waals surface area contributed by atoms with Crippen LogP contribution in [0.3, 0.4) is 0 Å². The van der Waals surface area contributed by atoms with E-state index < -0.39 is 0 Å². The fraction of sp³-hybridized carbons (Fsp3) is 0.273. The first-order chi connectivity index (χ1) is 6.68. The van der Waals surface area contributed by atoms with Crippen LogP contribution in [0.5, 0.6) is 5.75 Å². The lowest BCUT2D eigenvalue weighted by Crippen LogP contribution is -2.13. The maximum absolute atomic E-state index is 13.4. The van der Waals surface area contributed by atoms with Crippen molar-refractivity contribution in [3.05, 3.63) is 35.2 Å². The van der Waals surface area contributed by atoms with Gasteiger partial charge < -0.3 is 4.74 Å². The summed E-state index contributed by atoms with van der Waals surface area (Å²) in [5.74, 6) is 0.398. The Labute approximate surface area is 90.7 Å². The molecule has 0 radical (unpaired) electrons. The van der Waals surface area contributed by atoms with Crippen molar-refractivity contribution in [1.29, 1.82) is 0 Å². The average molecular weight is 257 g/mol. The standard InChI is InChI=1S/C11H10BrFO/c1-7(12)8-5-9-10(13)3-2-4-11(9)14-6-8/h2-5,7H,6H2,1H3. The van der Waals surface area contributed by atoms with E-state index in [-0.39, 0.29) is 10.6 Å². The van der Waals surface area contributed by atoms with E-state index in [9.17, 15) is 4.39 Å². The second-order valence-corrected chi connectivity index (χ2v) is 4.65. The lowest BCUT2D eigenvalue weighted by molar-refractivity contribution is 0.342. The Morgan fingerprint density at radius 2 is 2.29 bits per heavy atom. The van der Waals surface area contributed by atoms with Gasteiger partial charge in [-0.1, -0.05) is 22.0 Å². The third-order valence-corrected chi connectivity index (χ3v) is 2.84. The van der Waals surface area contributed by atoms with Gasteiger partial charge >= 0.3 is 0 Å². The van der Waals surface area contributed by atoms with Crippen molar-refractivity contribution >= 4 is 22.0 Å². The van der Waals surface area contributed by atoms with Crippen LogP contribution in [0.25, 0.3) is 6.08 Å². The van der Waals surface area contributed by atoms with E-state index in [0.29, 0.717) is 17.9 Å². The van der Waals surface area contributed by atoms with Crippen LogP contribution in [0.4, 0.5) is 4.39 Å². The Hall–Kier alpha value is -0.830. The topological polar surface area (TPSA) is 9.23 Å². The minimum absolute atomic E-state index is 0.218. The van der Waals surface area contributed by atoms with E-state index in [1.807, 2.05) is 13.0 Å². The molecule has 0 saturated carbocycles. The minimum atomic E-state index is -0.229. The Morgan fingerprint density at radius 3 is 3.00 bits per heavy atom.